The molecule has 4 nitrogen and oxygen atoms in total. The van der Waals surface area contributed by atoms with Crippen LogP contribution in [0.2, 0.25) is 0 Å². The molecular weight excluding hydrogens is 204 g/mol. The SMILES string of the molecule is CCCN(C)C(=O)CCNC(=O)CCl. The average Bonchev–Trinajstić information content (AvgIpc) is 2.17. The summed E-state index contributed by atoms with van der Waals surface area (Å²) in [7, 11) is 1.76. The van der Waals surface area contributed by atoms with E-state index in [-0.39, 0.29) is 17.7 Å². The minimum atomic E-state index is -0.238. The Bertz CT molecular complexity index is 197. The van der Waals surface area contributed by atoms with Gasteiger partial charge in [0.25, 0.3) is 0 Å². The number of amides is 2. The number of hydrogen-bond acceptors (Lipinski definition) is 2. The molecule has 82 valence electrons. The largest absolute Gasteiger partial charge is 0.355 e. The summed E-state index contributed by atoms with van der Waals surface area (Å²) < 4.78 is 0. The Hall–Kier alpha value is -0.770. The van der Waals surface area contributed by atoms with Crippen LogP contribution >= 0.6 is 11.6 Å². The van der Waals surface area contributed by atoms with Crippen LogP contribution in [-0.2, 0) is 9.59 Å². The Morgan fingerprint density at radius 3 is 2.57 bits per heavy atom. The molecule has 1 N–H and O–H groups in total. The molecule has 0 aromatic heterocycles. The molecule has 0 rings (SSSR count). The van der Waals surface area contributed by atoms with Crippen LogP contribution in [-0.4, -0.2) is 42.7 Å². The highest BCUT2D eigenvalue weighted by molar-refractivity contribution is 6.27. The zero-order valence-electron chi connectivity index (χ0n) is 8.68. The molecule has 0 fully saturated rings. The Kier molecular flexibility index (Phi) is 7.20. The highest BCUT2D eigenvalue weighted by Gasteiger charge is 2.07. The smallest absolute Gasteiger partial charge is 0.234 e. The van der Waals surface area contributed by atoms with Crippen molar-refractivity contribution in [2.75, 3.05) is 26.0 Å². The lowest BCUT2D eigenvalue weighted by Crippen LogP contribution is -2.32. The van der Waals surface area contributed by atoms with Crippen molar-refractivity contribution in [2.24, 2.45) is 0 Å². The minimum absolute atomic E-state index is 0.0433. The van der Waals surface area contributed by atoms with Crippen molar-refractivity contribution in [2.45, 2.75) is 19.8 Å². The molecule has 14 heavy (non-hydrogen) atoms. The molecule has 0 heterocycles. The number of hydrogen-bond donors (Lipinski definition) is 1. The van der Waals surface area contributed by atoms with Gasteiger partial charge in [0.05, 0.1) is 0 Å². The van der Waals surface area contributed by atoms with Crippen molar-refractivity contribution in [3.05, 3.63) is 0 Å². The fraction of sp³-hybridized carbons (Fsp3) is 0.778. The first-order valence-electron chi connectivity index (χ1n) is 4.68. The summed E-state index contributed by atoms with van der Waals surface area (Å²) in [5.74, 6) is -0.252. The second-order valence-electron chi connectivity index (χ2n) is 3.05. The molecule has 0 aliphatic heterocycles. The van der Waals surface area contributed by atoms with Crippen LogP contribution in [0, 0.1) is 0 Å². The quantitative estimate of drug-likeness (QED) is 0.667. The normalized spacial score (nSPS) is 9.64. The van der Waals surface area contributed by atoms with E-state index in [1.165, 1.54) is 0 Å². The van der Waals surface area contributed by atoms with Crippen molar-refractivity contribution in [3.63, 3.8) is 0 Å². The number of rotatable bonds is 6. The number of carbonyl (C=O) groups excluding carboxylic acids is 2. The molecule has 0 saturated heterocycles. The first-order chi connectivity index (χ1) is 6.61. The monoisotopic (exact) mass is 220 g/mol. The third kappa shape index (κ3) is 5.80. The van der Waals surface area contributed by atoms with E-state index in [1.807, 2.05) is 6.92 Å². The Morgan fingerprint density at radius 2 is 2.07 bits per heavy atom. The molecule has 0 bridgehead atoms. The van der Waals surface area contributed by atoms with Gasteiger partial charge in [0.2, 0.25) is 11.8 Å². The van der Waals surface area contributed by atoms with Crippen LogP contribution in [0.5, 0.6) is 0 Å². The topological polar surface area (TPSA) is 49.4 Å². The third-order valence-electron chi connectivity index (χ3n) is 1.77. The van der Waals surface area contributed by atoms with E-state index < -0.39 is 0 Å². The van der Waals surface area contributed by atoms with E-state index in [9.17, 15) is 9.59 Å². The summed E-state index contributed by atoms with van der Waals surface area (Å²) >= 11 is 5.27. The Labute approximate surface area is 89.6 Å². The first-order valence-corrected chi connectivity index (χ1v) is 5.21. The van der Waals surface area contributed by atoms with Crippen LogP contribution in [0.15, 0.2) is 0 Å². The lowest BCUT2D eigenvalue weighted by Gasteiger charge is -2.15. The van der Waals surface area contributed by atoms with Crippen LogP contribution in [0.4, 0.5) is 0 Å². The minimum Gasteiger partial charge on any atom is -0.355 e. The molecule has 0 unspecified atom stereocenters. The second kappa shape index (κ2) is 7.62. The molecule has 0 radical (unpaired) electrons. The van der Waals surface area contributed by atoms with Gasteiger partial charge < -0.3 is 10.2 Å². The summed E-state index contributed by atoms with van der Waals surface area (Å²) in [5.41, 5.74) is 0. The molecule has 0 spiro atoms. The molecule has 0 aromatic rings. The number of carbonyl (C=O) groups is 2. The lowest BCUT2D eigenvalue weighted by atomic mass is 10.3. The van der Waals surface area contributed by atoms with E-state index in [0.29, 0.717) is 13.0 Å². The molecule has 0 aliphatic carbocycles. The third-order valence-corrected chi connectivity index (χ3v) is 2.01. The standard InChI is InChI=1S/C9H17ClN2O2/c1-3-6-12(2)9(14)4-5-11-8(13)7-10/h3-7H2,1-2H3,(H,11,13). The van der Waals surface area contributed by atoms with Gasteiger partial charge in [-0.1, -0.05) is 6.92 Å². The Morgan fingerprint density at radius 1 is 1.43 bits per heavy atom. The van der Waals surface area contributed by atoms with Gasteiger partial charge in [0.15, 0.2) is 0 Å². The van der Waals surface area contributed by atoms with E-state index >= 15 is 0 Å². The van der Waals surface area contributed by atoms with Crippen LogP contribution in [0.1, 0.15) is 19.8 Å². The number of nitrogens with zero attached hydrogens (tertiary/aromatic N) is 1. The van der Waals surface area contributed by atoms with Gasteiger partial charge in [-0.25, -0.2) is 0 Å². The molecular formula is C9H17ClN2O2. The van der Waals surface area contributed by atoms with Gasteiger partial charge in [-0.3, -0.25) is 9.59 Å². The van der Waals surface area contributed by atoms with Crippen molar-refractivity contribution >= 4 is 23.4 Å². The summed E-state index contributed by atoms with van der Waals surface area (Å²) in [6.07, 6.45) is 1.27. The predicted molar refractivity (Wildman–Crippen MR) is 56.3 cm³/mol. The average molecular weight is 221 g/mol. The van der Waals surface area contributed by atoms with Gasteiger partial charge in [-0.2, -0.15) is 0 Å². The number of alkyl halides is 1. The summed E-state index contributed by atoms with van der Waals surface area (Å²) in [6.45, 7) is 3.12. The van der Waals surface area contributed by atoms with Crippen LogP contribution in [0.3, 0.4) is 0 Å². The van der Waals surface area contributed by atoms with Crippen LogP contribution in [0.25, 0.3) is 0 Å². The highest BCUT2D eigenvalue weighted by Crippen LogP contribution is 1.91. The predicted octanol–water partition coefficient (Wildman–Crippen LogP) is 0.600. The molecule has 0 aromatic carbocycles. The number of halogens is 1. The maximum atomic E-state index is 11.3. The van der Waals surface area contributed by atoms with Crippen molar-refractivity contribution in [1.82, 2.24) is 10.2 Å². The van der Waals surface area contributed by atoms with E-state index in [4.69, 9.17) is 11.6 Å². The molecule has 0 aliphatic rings. The van der Waals surface area contributed by atoms with E-state index in [0.717, 1.165) is 13.0 Å². The first kappa shape index (κ1) is 13.2. The molecule has 2 amide bonds. The van der Waals surface area contributed by atoms with Gasteiger partial charge in [0.1, 0.15) is 5.88 Å². The van der Waals surface area contributed by atoms with Gasteiger partial charge >= 0.3 is 0 Å². The lowest BCUT2D eigenvalue weighted by molar-refractivity contribution is -0.129. The number of nitrogens with one attached hydrogen (secondary N) is 1. The van der Waals surface area contributed by atoms with Crippen LogP contribution < -0.4 is 5.32 Å². The summed E-state index contributed by atoms with van der Waals surface area (Å²) in [6, 6.07) is 0. The summed E-state index contributed by atoms with van der Waals surface area (Å²) in [5, 5.41) is 2.54. The van der Waals surface area contributed by atoms with E-state index in [2.05, 4.69) is 5.32 Å². The zero-order valence-corrected chi connectivity index (χ0v) is 9.43. The fourth-order valence-electron chi connectivity index (χ4n) is 1.01. The van der Waals surface area contributed by atoms with Crippen molar-refractivity contribution < 1.29 is 9.59 Å². The molecule has 0 atom stereocenters. The van der Waals surface area contributed by atoms with Gasteiger partial charge in [-0.15, -0.1) is 11.6 Å². The van der Waals surface area contributed by atoms with Gasteiger partial charge in [-0.05, 0) is 6.42 Å². The highest BCUT2D eigenvalue weighted by atomic mass is 35.5. The summed E-state index contributed by atoms with van der Waals surface area (Å²) in [4.78, 5) is 23.7. The molecule has 5 heteroatoms. The second-order valence-corrected chi connectivity index (χ2v) is 3.32. The fourth-order valence-corrected chi connectivity index (χ4v) is 1.10. The zero-order chi connectivity index (χ0) is 11.0. The maximum Gasteiger partial charge on any atom is 0.234 e. The molecule has 0 saturated carbocycles. The maximum absolute atomic E-state index is 11.3. The van der Waals surface area contributed by atoms with E-state index in [1.54, 1.807) is 11.9 Å². The Balaban J connectivity index is 3.58. The van der Waals surface area contributed by atoms with Crippen molar-refractivity contribution in [1.29, 1.82) is 0 Å². The van der Waals surface area contributed by atoms with Gasteiger partial charge in [0, 0.05) is 26.6 Å². The van der Waals surface area contributed by atoms with Crippen molar-refractivity contribution in [3.8, 4) is 0 Å².